The van der Waals surface area contributed by atoms with E-state index < -0.39 is 0 Å². The fourth-order valence-corrected chi connectivity index (χ4v) is 8.88. The summed E-state index contributed by atoms with van der Waals surface area (Å²) in [5.74, 6) is 0. The van der Waals surface area contributed by atoms with E-state index >= 15 is 0 Å². The molecule has 0 fully saturated rings. The van der Waals surface area contributed by atoms with Crippen molar-refractivity contribution < 1.29 is 0 Å². The van der Waals surface area contributed by atoms with Crippen LogP contribution in [0, 0.1) is 0 Å². The summed E-state index contributed by atoms with van der Waals surface area (Å²) < 4.78 is 0. The van der Waals surface area contributed by atoms with E-state index in [0.29, 0.717) is 0 Å². The Labute approximate surface area is 323 Å². The number of anilines is 4. The second kappa shape index (κ2) is 13.3. The molecule has 1 aliphatic heterocycles. The molecule has 3 nitrogen and oxygen atoms in total. The minimum absolute atomic E-state index is 0.150. The van der Waals surface area contributed by atoms with Crippen LogP contribution in [-0.4, -0.2) is 4.98 Å². The van der Waals surface area contributed by atoms with Crippen molar-refractivity contribution in [1.82, 2.24) is 4.98 Å². The van der Waals surface area contributed by atoms with Gasteiger partial charge in [0.15, 0.2) is 0 Å². The molecule has 7 aromatic carbocycles. The Morgan fingerprint density at radius 3 is 1.75 bits per heavy atom. The predicted molar refractivity (Wildman–Crippen MR) is 229 cm³/mol. The smallest absolute Gasteiger partial charge is 0.0730 e. The number of aromatic nitrogens is 1. The van der Waals surface area contributed by atoms with E-state index in [1.807, 2.05) is 0 Å². The molecule has 2 aliphatic rings. The fourth-order valence-electron chi connectivity index (χ4n) is 8.88. The van der Waals surface area contributed by atoms with Crippen LogP contribution in [0.1, 0.15) is 36.1 Å². The van der Waals surface area contributed by atoms with Crippen molar-refractivity contribution in [2.45, 2.75) is 32.4 Å². The lowest BCUT2D eigenvalue weighted by atomic mass is 9.81. The summed E-state index contributed by atoms with van der Waals surface area (Å²) >= 11 is 0. The Morgan fingerprint density at radius 1 is 0.491 bits per heavy atom. The monoisotopic (exact) mass is 707 g/mol. The van der Waals surface area contributed by atoms with Crippen molar-refractivity contribution in [2.24, 2.45) is 0 Å². The summed E-state index contributed by atoms with van der Waals surface area (Å²) in [4.78, 5) is 10.3. The van der Waals surface area contributed by atoms with Crippen LogP contribution >= 0.6 is 0 Å². The molecule has 0 atom stereocenters. The number of nitrogens with zero attached hydrogens (tertiary/aromatic N) is 3. The molecular formula is C52H41N3. The third kappa shape index (κ3) is 5.63. The largest absolute Gasteiger partial charge is 0.363 e. The van der Waals surface area contributed by atoms with E-state index in [0.717, 1.165) is 52.7 Å². The van der Waals surface area contributed by atoms with Crippen LogP contribution in [0.5, 0.6) is 0 Å². The third-order valence-corrected chi connectivity index (χ3v) is 11.6. The summed E-state index contributed by atoms with van der Waals surface area (Å²) in [5.41, 5.74) is 19.1. The summed E-state index contributed by atoms with van der Waals surface area (Å²) in [6.45, 7) is 6.49. The molecule has 55 heavy (non-hydrogen) atoms. The fraction of sp³-hybridized carbons (Fsp3) is 0.0962. The van der Waals surface area contributed by atoms with E-state index in [1.165, 1.54) is 50.2 Å². The van der Waals surface area contributed by atoms with E-state index in [1.54, 1.807) is 0 Å². The van der Waals surface area contributed by atoms with Gasteiger partial charge in [-0.3, -0.25) is 0 Å². The lowest BCUT2D eigenvalue weighted by molar-refractivity contribution is 0.660. The van der Waals surface area contributed by atoms with Gasteiger partial charge < -0.3 is 9.80 Å². The van der Waals surface area contributed by atoms with Crippen molar-refractivity contribution in [3.05, 3.63) is 210 Å². The molecule has 0 radical (unpaired) electrons. The lowest BCUT2D eigenvalue weighted by Crippen LogP contribution is -2.16. The highest BCUT2D eigenvalue weighted by molar-refractivity contribution is 6.02. The maximum Gasteiger partial charge on any atom is 0.0730 e. The van der Waals surface area contributed by atoms with Crippen molar-refractivity contribution >= 4 is 22.7 Å². The maximum absolute atomic E-state index is 5.28. The van der Waals surface area contributed by atoms with Gasteiger partial charge in [-0.15, -0.1) is 0 Å². The van der Waals surface area contributed by atoms with Crippen LogP contribution in [0.15, 0.2) is 188 Å². The molecule has 0 amide bonds. The number of fused-ring (bicyclic) bond motifs is 4. The summed E-state index contributed by atoms with van der Waals surface area (Å²) in [7, 11) is 0. The average molecular weight is 708 g/mol. The van der Waals surface area contributed by atoms with Gasteiger partial charge in [0.25, 0.3) is 0 Å². The topological polar surface area (TPSA) is 19.4 Å². The molecule has 0 saturated carbocycles. The average Bonchev–Trinajstić information content (AvgIpc) is 3.79. The van der Waals surface area contributed by atoms with Crippen LogP contribution in [0.2, 0.25) is 0 Å². The van der Waals surface area contributed by atoms with Crippen molar-refractivity contribution in [3.63, 3.8) is 0 Å². The summed E-state index contributed by atoms with van der Waals surface area (Å²) in [6.07, 6.45) is 0. The molecule has 0 bridgehead atoms. The molecular weight excluding hydrogens is 667 g/mol. The highest BCUT2D eigenvalue weighted by Crippen LogP contribution is 2.57. The minimum Gasteiger partial charge on any atom is -0.363 e. The molecule has 2 heterocycles. The number of para-hydroxylation sites is 2. The predicted octanol–water partition coefficient (Wildman–Crippen LogP) is 13.4. The van der Waals surface area contributed by atoms with Crippen molar-refractivity contribution in [2.75, 3.05) is 9.80 Å². The standard InChI is InChI=1S/C52H41N3/c1-52(2)45-29-16-15-27-43(45)50-46(52)30-31-49(51(50)42-28-17-22-38-34-54(35-44(38)42)39-23-11-5-12-24-39)55(40-25-13-6-14-26-40)41-32-47(36-18-7-3-8-19-36)53-48(33-41)37-20-9-4-10-21-37/h3-33H,34-35H2,1-2H3. The van der Waals surface area contributed by atoms with Gasteiger partial charge >= 0.3 is 0 Å². The molecule has 0 spiro atoms. The second-order valence-electron chi connectivity index (χ2n) is 15.2. The van der Waals surface area contributed by atoms with Gasteiger partial charge in [-0.2, -0.15) is 0 Å². The van der Waals surface area contributed by atoms with Gasteiger partial charge in [-0.1, -0.05) is 159 Å². The molecule has 0 N–H and O–H groups in total. The lowest BCUT2D eigenvalue weighted by Gasteiger charge is -2.31. The molecule has 3 heteroatoms. The summed E-state index contributed by atoms with van der Waals surface area (Å²) in [5, 5.41) is 0. The van der Waals surface area contributed by atoms with Gasteiger partial charge in [-0.25, -0.2) is 4.98 Å². The first kappa shape index (κ1) is 32.9. The van der Waals surface area contributed by atoms with Gasteiger partial charge in [0.1, 0.15) is 0 Å². The first-order valence-electron chi connectivity index (χ1n) is 19.2. The Hall–Kier alpha value is -6.71. The van der Waals surface area contributed by atoms with Gasteiger partial charge in [0.2, 0.25) is 0 Å². The van der Waals surface area contributed by atoms with E-state index in [-0.39, 0.29) is 5.41 Å². The quantitative estimate of drug-likeness (QED) is 0.164. The Balaban J connectivity index is 1.27. The van der Waals surface area contributed by atoms with Crippen LogP contribution in [0.25, 0.3) is 44.8 Å². The zero-order chi connectivity index (χ0) is 36.9. The number of hydrogen-bond donors (Lipinski definition) is 0. The minimum atomic E-state index is -0.150. The molecule has 1 aliphatic carbocycles. The number of benzene rings is 7. The Bertz CT molecular complexity index is 2610. The first-order chi connectivity index (χ1) is 27.0. The van der Waals surface area contributed by atoms with Crippen LogP contribution in [-0.2, 0) is 18.5 Å². The number of pyridine rings is 1. The zero-order valence-electron chi connectivity index (χ0n) is 31.2. The number of hydrogen-bond acceptors (Lipinski definition) is 3. The Kier molecular flexibility index (Phi) is 7.96. The highest BCUT2D eigenvalue weighted by Gasteiger charge is 2.39. The van der Waals surface area contributed by atoms with E-state index in [4.69, 9.17) is 4.98 Å². The van der Waals surface area contributed by atoms with E-state index in [9.17, 15) is 0 Å². The number of rotatable bonds is 7. The highest BCUT2D eigenvalue weighted by atomic mass is 15.2. The van der Waals surface area contributed by atoms with Crippen molar-refractivity contribution in [3.8, 4) is 44.8 Å². The Morgan fingerprint density at radius 2 is 1.07 bits per heavy atom. The maximum atomic E-state index is 5.28. The van der Waals surface area contributed by atoms with Crippen molar-refractivity contribution in [1.29, 1.82) is 0 Å². The second-order valence-corrected chi connectivity index (χ2v) is 15.2. The first-order valence-corrected chi connectivity index (χ1v) is 19.2. The van der Waals surface area contributed by atoms with Gasteiger partial charge in [0.05, 0.1) is 22.8 Å². The normalized spacial score (nSPS) is 13.6. The summed E-state index contributed by atoms with van der Waals surface area (Å²) in [6, 6.07) is 68.0. The molecule has 0 saturated heterocycles. The SMILES string of the molecule is CC1(C)c2ccccc2-c2c1ccc(N(c1ccccc1)c1cc(-c3ccccc3)nc(-c3ccccc3)c1)c2-c1cccc2c1CN(c1ccccc1)C2. The van der Waals surface area contributed by atoms with Crippen LogP contribution < -0.4 is 9.80 Å². The molecule has 264 valence electrons. The molecule has 8 aromatic rings. The third-order valence-electron chi connectivity index (χ3n) is 11.6. The van der Waals surface area contributed by atoms with Crippen LogP contribution in [0.4, 0.5) is 22.7 Å². The van der Waals surface area contributed by atoms with Crippen LogP contribution in [0.3, 0.4) is 0 Å². The van der Waals surface area contributed by atoms with E-state index in [2.05, 4.69) is 212 Å². The molecule has 0 unspecified atom stereocenters. The van der Waals surface area contributed by atoms with Gasteiger partial charge in [0, 0.05) is 46.6 Å². The van der Waals surface area contributed by atoms with Gasteiger partial charge in [-0.05, 0) is 81.4 Å². The molecule has 10 rings (SSSR count). The zero-order valence-corrected chi connectivity index (χ0v) is 31.2. The molecule has 1 aromatic heterocycles.